The van der Waals surface area contributed by atoms with Crippen LogP contribution < -0.4 is 0 Å². The molecule has 20 heavy (non-hydrogen) atoms. The Morgan fingerprint density at radius 1 is 1.05 bits per heavy atom. The summed E-state index contributed by atoms with van der Waals surface area (Å²) < 4.78 is 0. The lowest BCUT2D eigenvalue weighted by Gasteiger charge is -2.09. The zero-order chi connectivity index (χ0) is 13.8. The molecule has 2 nitrogen and oxygen atoms in total. The van der Waals surface area contributed by atoms with Crippen molar-refractivity contribution in [3.63, 3.8) is 0 Å². The van der Waals surface area contributed by atoms with Crippen LogP contribution in [0.1, 0.15) is 55.0 Å². The predicted molar refractivity (Wildman–Crippen MR) is 82.7 cm³/mol. The number of hydrogen-bond acceptors (Lipinski definition) is 3. The van der Waals surface area contributed by atoms with Crippen LogP contribution in [0.3, 0.4) is 0 Å². The van der Waals surface area contributed by atoms with Crippen molar-refractivity contribution < 1.29 is 0 Å². The summed E-state index contributed by atoms with van der Waals surface area (Å²) in [7, 11) is 0. The predicted octanol–water partition coefficient (Wildman–Crippen LogP) is 5.12. The average molecular weight is 282 g/mol. The van der Waals surface area contributed by atoms with Crippen molar-refractivity contribution in [2.45, 2.75) is 44.4 Å². The van der Waals surface area contributed by atoms with E-state index in [1.54, 1.807) is 11.3 Å². The van der Waals surface area contributed by atoms with E-state index in [0.717, 1.165) is 11.3 Å². The number of hydrogen-bond donors (Lipinski definition) is 0. The molecule has 2 aromatic rings. The van der Waals surface area contributed by atoms with Crippen molar-refractivity contribution in [1.29, 1.82) is 5.26 Å². The van der Waals surface area contributed by atoms with Crippen molar-refractivity contribution >= 4 is 11.3 Å². The van der Waals surface area contributed by atoms with E-state index in [4.69, 9.17) is 10.2 Å². The first-order chi connectivity index (χ1) is 9.86. The van der Waals surface area contributed by atoms with E-state index in [2.05, 4.69) is 11.4 Å². The molecule has 1 aromatic carbocycles. The van der Waals surface area contributed by atoms with Gasteiger partial charge in [-0.3, -0.25) is 0 Å². The summed E-state index contributed by atoms with van der Waals surface area (Å²) in [6.45, 7) is 0. The fourth-order valence-electron chi connectivity index (χ4n) is 2.85. The second-order valence-electron chi connectivity index (χ2n) is 5.45. The van der Waals surface area contributed by atoms with E-state index >= 15 is 0 Å². The fourth-order valence-corrected chi connectivity index (χ4v) is 3.85. The van der Waals surface area contributed by atoms with Crippen molar-refractivity contribution in [1.82, 2.24) is 4.98 Å². The third kappa shape index (κ3) is 2.91. The van der Waals surface area contributed by atoms with Crippen molar-refractivity contribution in [3.8, 4) is 17.3 Å². The minimum atomic E-state index is 0.662. The maximum Gasteiger partial charge on any atom is 0.0991 e. The molecule has 0 amide bonds. The van der Waals surface area contributed by atoms with Gasteiger partial charge in [0.25, 0.3) is 0 Å². The van der Waals surface area contributed by atoms with Crippen LogP contribution in [0.5, 0.6) is 0 Å². The molecule has 1 heterocycles. The second kappa shape index (κ2) is 6.19. The molecule has 1 saturated carbocycles. The number of aromatic nitrogens is 1. The molecule has 0 atom stereocenters. The van der Waals surface area contributed by atoms with E-state index in [1.165, 1.54) is 43.5 Å². The molecule has 1 aliphatic carbocycles. The van der Waals surface area contributed by atoms with Gasteiger partial charge in [-0.15, -0.1) is 11.3 Å². The van der Waals surface area contributed by atoms with Gasteiger partial charge in [-0.1, -0.05) is 37.8 Å². The Morgan fingerprint density at radius 3 is 2.40 bits per heavy atom. The summed E-state index contributed by atoms with van der Waals surface area (Å²) in [4.78, 5) is 4.84. The molecule has 1 fully saturated rings. The summed E-state index contributed by atoms with van der Waals surface area (Å²) >= 11 is 1.79. The van der Waals surface area contributed by atoms with Gasteiger partial charge in [0.05, 0.1) is 22.3 Å². The zero-order valence-electron chi connectivity index (χ0n) is 11.5. The van der Waals surface area contributed by atoms with E-state index in [-0.39, 0.29) is 0 Å². The fraction of sp³-hybridized carbons (Fsp3) is 0.412. The van der Waals surface area contributed by atoms with Crippen LogP contribution in [0.15, 0.2) is 29.6 Å². The molecule has 0 N–H and O–H groups in total. The normalized spacial score (nSPS) is 16.6. The molecule has 0 aliphatic heterocycles. The topological polar surface area (TPSA) is 36.7 Å². The summed E-state index contributed by atoms with van der Waals surface area (Å²) in [5.41, 5.74) is 2.87. The molecule has 0 saturated heterocycles. The van der Waals surface area contributed by atoms with E-state index < -0.39 is 0 Å². The van der Waals surface area contributed by atoms with Crippen LogP contribution in [-0.2, 0) is 0 Å². The Balaban J connectivity index is 1.80. The lowest BCUT2D eigenvalue weighted by atomic mass is 10.0. The van der Waals surface area contributed by atoms with Crippen molar-refractivity contribution in [2.75, 3.05) is 0 Å². The molecule has 102 valence electrons. The summed E-state index contributed by atoms with van der Waals surface area (Å²) in [5, 5.41) is 12.3. The van der Waals surface area contributed by atoms with Gasteiger partial charge in [-0.25, -0.2) is 4.98 Å². The third-order valence-electron chi connectivity index (χ3n) is 4.04. The number of nitrogens with zero attached hydrogens (tertiary/aromatic N) is 2. The van der Waals surface area contributed by atoms with Crippen LogP contribution in [0.4, 0.5) is 0 Å². The first kappa shape index (κ1) is 13.3. The van der Waals surface area contributed by atoms with E-state index in [1.807, 2.05) is 24.3 Å². The van der Waals surface area contributed by atoms with Gasteiger partial charge in [-0.2, -0.15) is 5.26 Å². The lowest BCUT2D eigenvalue weighted by molar-refractivity contribution is 0.589. The Morgan fingerprint density at radius 2 is 1.75 bits per heavy atom. The highest BCUT2D eigenvalue weighted by atomic mass is 32.1. The van der Waals surface area contributed by atoms with Gasteiger partial charge in [0.2, 0.25) is 0 Å². The van der Waals surface area contributed by atoms with Crippen LogP contribution in [0.2, 0.25) is 0 Å². The first-order valence-electron chi connectivity index (χ1n) is 7.33. The van der Waals surface area contributed by atoms with Gasteiger partial charge < -0.3 is 0 Å². The molecule has 3 rings (SSSR count). The Kier molecular flexibility index (Phi) is 4.13. The Bertz CT molecular complexity index is 599. The molecule has 0 spiro atoms. The highest BCUT2D eigenvalue weighted by Gasteiger charge is 2.17. The quantitative estimate of drug-likeness (QED) is 0.717. The highest BCUT2D eigenvalue weighted by molar-refractivity contribution is 7.10. The standard InChI is InChI=1S/C17H18N2S/c18-11-13-7-9-14(10-8-13)16-12-20-17(19-16)15-5-3-1-2-4-6-15/h7-10,12,15H,1-6H2. The number of thiazole rings is 1. The van der Waals surface area contributed by atoms with Crippen molar-refractivity contribution in [2.24, 2.45) is 0 Å². The molecule has 0 unspecified atom stereocenters. The Labute approximate surface area is 124 Å². The number of nitriles is 1. The third-order valence-corrected chi connectivity index (χ3v) is 5.04. The lowest BCUT2D eigenvalue weighted by Crippen LogP contribution is -1.96. The highest BCUT2D eigenvalue weighted by Crippen LogP contribution is 2.35. The van der Waals surface area contributed by atoms with Crippen LogP contribution in [-0.4, -0.2) is 4.98 Å². The maximum absolute atomic E-state index is 8.84. The zero-order valence-corrected chi connectivity index (χ0v) is 12.3. The van der Waals surface area contributed by atoms with Crippen LogP contribution >= 0.6 is 11.3 Å². The SMILES string of the molecule is N#Cc1ccc(-c2csc(C3CCCCCC3)n2)cc1. The summed E-state index contributed by atoms with van der Waals surface area (Å²) in [6, 6.07) is 9.86. The molecular formula is C17H18N2S. The second-order valence-corrected chi connectivity index (χ2v) is 6.34. The van der Waals surface area contributed by atoms with Gasteiger partial charge in [0.15, 0.2) is 0 Å². The van der Waals surface area contributed by atoms with E-state index in [0.29, 0.717) is 11.5 Å². The summed E-state index contributed by atoms with van der Waals surface area (Å²) in [5.74, 6) is 0.662. The maximum atomic E-state index is 8.84. The Hall–Kier alpha value is -1.66. The number of rotatable bonds is 2. The van der Waals surface area contributed by atoms with E-state index in [9.17, 15) is 0 Å². The average Bonchev–Trinajstić information content (AvgIpc) is 2.83. The molecule has 0 bridgehead atoms. The minimum Gasteiger partial charge on any atom is -0.241 e. The monoisotopic (exact) mass is 282 g/mol. The van der Waals surface area contributed by atoms with Crippen LogP contribution in [0.25, 0.3) is 11.3 Å². The summed E-state index contributed by atoms with van der Waals surface area (Å²) in [6.07, 6.45) is 8.03. The molecule has 1 aliphatic rings. The largest absolute Gasteiger partial charge is 0.241 e. The van der Waals surface area contributed by atoms with Crippen LogP contribution in [0, 0.1) is 11.3 Å². The first-order valence-corrected chi connectivity index (χ1v) is 8.21. The van der Waals surface area contributed by atoms with Gasteiger partial charge in [0.1, 0.15) is 0 Å². The molecule has 1 aromatic heterocycles. The van der Waals surface area contributed by atoms with Crippen molar-refractivity contribution in [3.05, 3.63) is 40.2 Å². The van der Waals surface area contributed by atoms with Gasteiger partial charge >= 0.3 is 0 Å². The smallest absolute Gasteiger partial charge is 0.0991 e. The molecule has 3 heteroatoms. The number of benzene rings is 1. The minimum absolute atomic E-state index is 0.662. The van der Waals surface area contributed by atoms with Gasteiger partial charge in [-0.05, 0) is 25.0 Å². The molecule has 0 radical (unpaired) electrons. The van der Waals surface area contributed by atoms with Gasteiger partial charge in [0, 0.05) is 16.9 Å². The molecular weight excluding hydrogens is 264 g/mol.